The number of hydrogen-bond donors (Lipinski definition) is 0. The van der Waals surface area contributed by atoms with E-state index in [1.54, 1.807) is 0 Å². The van der Waals surface area contributed by atoms with E-state index in [-0.39, 0.29) is 11.8 Å². The van der Waals surface area contributed by atoms with Crippen LogP contribution in [0.5, 0.6) is 0 Å². The number of aryl methyl sites for hydroxylation is 1. The van der Waals surface area contributed by atoms with Crippen molar-refractivity contribution in [3.05, 3.63) is 29.8 Å². The molecule has 2 fully saturated rings. The maximum atomic E-state index is 12.9. The van der Waals surface area contributed by atoms with Crippen molar-refractivity contribution in [1.29, 1.82) is 0 Å². The van der Waals surface area contributed by atoms with Gasteiger partial charge in [-0.05, 0) is 38.3 Å². The van der Waals surface area contributed by atoms with Crippen LogP contribution in [0.2, 0.25) is 0 Å². The normalized spacial score (nSPS) is 19.0. The lowest BCUT2D eigenvalue weighted by atomic mass is 10.1. The summed E-state index contributed by atoms with van der Waals surface area (Å²) in [6, 6.07) is 8.05. The molecular weight excluding hydrogens is 364 g/mol. The topological polar surface area (TPSA) is 47.1 Å². The van der Waals surface area contributed by atoms with Crippen LogP contribution in [0.3, 0.4) is 0 Å². The molecule has 160 valence electrons. The van der Waals surface area contributed by atoms with Crippen molar-refractivity contribution in [2.24, 2.45) is 0 Å². The third-order valence-corrected chi connectivity index (χ3v) is 6.16. The van der Waals surface area contributed by atoms with Gasteiger partial charge in [0.2, 0.25) is 11.8 Å². The molecular formula is C23H36N4O2. The second-order valence-electron chi connectivity index (χ2n) is 8.27. The van der Waals surface area contributed by atoms with Crippen LogP contribution in [-0.4, -0.2) is 85.4 Å². The molecule has 2 amide bonds. The van der Waals surface area contributed by atoms with Crippen molar-refractivity contribution in [2.45, 2.75) is 39.5 Å². The third kappa shape index (κ3) is 6.03. The van der Waals surface area contributed by atoms with E-state index in [0.29, 0.717) is 19.6 Å². The maximum Gasteiger partial charge on any atom is 0.241 e. The number of carbonyl (C=O) groups is 2. The molecule has 2 aliphatic rings. The highest BCUT2D eigenvalue weighted by Crippen LogP contribution is 2.19. The second-order valence-corrected chi connectivity index (χ2v) is 8.27. The molecule has 1 aromatic rings. The van der Waals surface area contributed by atoms with Gasteiger partial charge in [-0.3, -0.25) is 19.4 Å². The summed E-state index contributed by atoms with van der Waals surface area (Å²) in [5.74, 6) is 0.420. The molecule has 0 saturated carbocycles. The van der Waals surface area contributed by atoms with E-state index >= 15 is 0 Å². The summed E-state index contributed by atoms with van der Waals surface area (Å²) in [4.78, 5) is 33.9. The first kappa shape index (κ1) is 21.8. The molecule has 0 radical (unpaired) electrons. The number of piperazine rings is 1. The Kier molecular flexibility index (Phi) is 8.07. The van der Waals surface area contributed by atoms with Crippen molar-refractivity contribution in [1.82, 2.24) is 14.7 Å². The molecule has 0 N–H and O–H groups in total. The van der Waals surface area contributed by atoms with Gasteiger partial charge < -0.3 is 9.80 Å². The number of anilines is 1. The molecule has 3 rings (SSSR count). The lowest BCUT2D eigenvalue weighted by molar-refractivity contribution is -0.133. The molecule has 0 atom stereocenters. The molecule has 6 heteroatoms. The Hall–Kier alpha value is -1.92. The number of benzene rings is 1. The largest absolute Gasteiger partial charge is 0.342 e. The van der Waals surface area contributed by atoms with Gasteiger partial charge in [0, 0.05) is 51.5 Å². The molecule has 1 aromatic carbocycles. The fourth-order valence-electron chi connectivity index (χ4n) is 4.34. The summed E-state index contributed by atoms with van der Waals surface area (Å²) in [5, 5.41) is 0. The zero-order valence-corrected chi connectivity index (χ0v) is 18.1. The average molecular weight is 401 g/mol. The number of likely N-dealkylation sites (tertiary alicyclic amines) is 1. The number of likely N-dealkylation sites (N-methyl/N-ethyl adjacent to an activating group) is 1. The van der Waals surface area contributed by atoms with Crippen LogP contribution in [0.4, 0.5) is 5.69 Å². The maximum absolute atomic E-state index is 12.9. The van der Waals surface area contributed by atoms with E-state index in [9.17, 15) is 9.59 Å². The van der Waals surface area contributed by atoms with Crippen LogP contribution >= 0.6 is 0 Å². The molecule has 0 spiro atoms. The Balaban J connectivity index is 1.46. The highest BCUT2D eigenvalue weighted by Gasteiger charge is 2.25. The fraction of sp³-hybridized carbons (Fsp3) is 0.652. The first-order valence-electron chi connectivity index (χ1n) is 11.2. The molecule has 0 unspecified atom stereocenters. The van der Waals surface area contributed by atoms with Crippen molar-refractivity contribution >= 4 is 17.5 Å². The Morgan fingerprint density at radius 3 is 2.03 bits per heavy atom. The third-order valence-electron chi connectivity index (χ3n) is 6.16. The Morgan fingerprint density at radius 2 is 1.45 bits per heavy atom. The van der Waals surface area contributed by atoms with Gasteiger partial charge in [-0.15, -0.1) is 0 Å². The summed E-state index contributed by atoms with van der Waals surface area (Å²) in [7, 11) is 0. The van der Waals surface area contributed by atoms with Crippen LogP contribution < -0.4 is 4.90 Å². The number of para-hydroxylation sites is 1. The van der Waals surface area contributed by atoms with E-state index in [1.807, 2.05) is 47.9 Å². The Bertz CT molecular complexity index is 677. The minimum atomic E-state index is 0.149. The van der Waals surface area contributed by atoms with E-state index < -0.39 is 0 Å². The van der Waals surface area contributed by atoms with Gasteiger partial charge in [0.25, 0.3) is 0 Å². The molecule has 0 bridgehead atoms. The lowest BCUT2D eigenvalue weighted by Gasteiger charge is -2.36. The fourth-order valence-corrected chi connectivity index (χ4v) is 4.34. The summed E-state index contributed by atoms with van der Waals surface area (Å²) >= 11 is 0. The average Bonchev–Trinajstić information content (AvgIpc) is 3.01. The number of rotatable bonds is 6. The van der Waals surface area contributed by atoms with Gasteiger partial charge in [0.15, 0.2) is 0 Å². The Labute approximate surface area is 175 Å². The SMILES string of the molecule is CCN(C(=O)CN1CCN(CC(=O)N2CCCCCC2)CC1)c1ccccc1C. The van der Waals surface area contributed by atoms with Gasteiger partial charge in [-0.2, -0.15) is 0 Å². The van der Waals surface area contributed by atoms with Gasteiger partial charge in [-0.25, -0.2) is 0 Å². The summed E-state index contributed by atoms with van der Waals surface area (Å²) < 4.78 is 0. The molecule has 2 saturated heterocycles. The molecule has 6 nitrogen and oxygen atoms in total. The van der Waals surface area contributed by atoms with Gasteiger partial charge in [-0.1, -0.05) is 31.0 Å². The molecule has 0 aliphatic carbocycles. The summed E-state index contributed by atoms with van der Waals surface area (Å²) in [6.45, 7) is 10.9. The highest BCUT2D eigenvalue weighted by molar-refractivity contribution is 5.95. The number of hydrogen-bond acceptors (Lipinski definition) is 4. The van der Waals surface area contributed by atoms with Crippen molar-refractivity contribution in [3.63, 3.8) is 0 Å². The lowest BCUT2D eigenvalue weighted by Crippen LogP contribution is -2.52. The number of nitrogens with zero attached hydrogens (tertiary/aromatic N) is 4. The van der Waals surface area contributed by atoms with Gasteiger partial charge in [0.1, 0.15) is 0 Å². The summed E-state index contributed by atoms with van der Waals surface area (Å²) in [5.41, 5.74) is 2.13. The smallest absolute Gasteiger partial charge is 0.241 e. The highest BCUT2D eigenvalue weighted by atomic mass is 16.2. The summed E-state index contributed by atoms with van der Waals surface area (Å²) in [6.07, 6.45) is 4.76. The van der Waals surface area contributed by atoms with Crippen molar-refractivity contribution in [2.75, 3.05) is 63.8 Å². The minimum absolute atomic E-state index is 0.149. The quantitative estimate of drug-likeness (QED) is 0.736. The van der Waals surface area contributed by atoms with Gasteiger partial charge in [0.05, 0.1) is 13.1 Å². The first-order chi connectivity index (χ1) is 14.1. The number of carbonyl (C=O) groups excluding carboxylic acids is 2. The van der Waals surface area contributed by atoms with Gasteiger partial charge >= 0.3 is 0 Å². The number of amides is 2. The van der Waals surface area contributed by atoms with Crippen LogP contribution in [0.25, 0.3) is 0 Å². The Morgan fingerprint density at radius 1 is 0.862 bits per heavy atom. The monoisotopic (exact) mass is 400 g/mol. The predicted octanol–water partition coefficient (Wildman–Crippen LogP) is 2.37. The second kappa shape index (κ2) is 10.7. The first-order valence-corrected chi connectivity index (χ1v) is 11.2. The predicted molar refractivity (Wildman–Crippen MR) is 117 cm³/mol. The van der Waals surface area contributed by atoms with Crippen molar-refractivity contribution < 1.29 is 9.59 Å². The minimum Gasteiger partial charge on any atom is -0.342 e. The zero-order chi connectivity index (χ0) is 20.6. The molecule has 29 heavy (non-hydrogen) atoms. The van der Waals surface area contributed by atoms with E-state index in [0.717, 1.165) is 63.4 Å². The standard InChI is InChI=1S/C23H36N4O2/c1-3-27(21-11-7-6-10-20(21)2)23(29)19-25-16-14-24(15-17-25)18-22(28)26-12-8-4-5-9-13-26/h6-7,10-11H,3-5,8-9,12-19H2,1-2H3. The molecule has 0 aromatic heterocycles. The van der Waals surface area contributed by atoms with Crippen LogP contribution in [-0.2, 0) is 9.59 Å². The van der Waals surface area contributed by atoms with E-state index in [1.165, 1.54) is 12.8 Å². The van der Waals surface area contributed by atoms with Crippen molar-refractivity contribution in [3.8, 4) is 0 Å². The zero-order valence-electron chi connectivity index (χ0n) is 18.1. The van der Waals surface area contributed by atoms with E-state index in [2.05, 4.69) is 9.80 Å². The molecule has 2 aliphatic heterocycles. The van der Waals surface area contributed by atoms with Crippen LogP contribution in [0, 0.1) is 6.92 Å². The van der Waals surface area contributed by atoms with Crippen LogP contribution in [0.15, 0.2) is 24.3 Å². The van der Waals surface area contributed by atoms with Crippen LogP contribution in [0.1, 0.15) is 38.2 Å². The van der Waals surface area contributed by atoms with E-state index in [4.69, 9.17) is 0 Å². The molecule has 2 heterocycles.